The number of nitrogens with zero attached hydrogens (tertiary/aromatic N) is 3. The van der Waals surface area contributed by atoms with Gasteiger partial charge in [-0.05, 0) is 13.3 Å². The van der Waals surface area contributed by atoms with E-state index in [-0.39, 0.29) is 5.84 Å². The summed E-state index contributed by atoms with van der Waals surface area (Å²) < 4.78 is 6.79. The third-order valence-electron chi connectivity index (χ3n) is 2.66. The van der Waals surface area contributed by atoms with Crippen molar-refractivity contribution in [2.75, 3.05) is 32.2 Å². The van der Waals surface area contributed by atoms with Gasteiger partial charge in [0.25, 0.3) is 0 Å². The maximum atomic E-state index is 7.61. The molecule has 0 fully saturated rings. The van der Waals surface area contributed by atoms with Crippen molar-refractivity contribution in [3.63, 3.8) is 0 Å². The highest BCUT2D eigenvalue weighted by Gasteiger charge is 2.18. The summed E-state index contributed by atoms with van der Waals surface area (Å²) in [5.74, 6) is 0.940. The number of methoxy groups -OCH3 is 1. The Morgan fingerprint density at radius 3 is 2.76 bits per heavy atom. The van der Waals surface area contributed by atoms with Crippen molar-refractivity contribution in [3.8, 4) is 0 Å². The fourth-order valence-corrected chi connectivity index (χ4v) is 1.95. The highest BCUT2D eigenvalue weighted by Crippen LogP contribution is 2.21. The molecule has 3 N–H and O–H groups in total. The lowest BCUT2D eigenvalue weighted by atomic mass is 10.2. The lowest BCUT2D eigenvalue weighted by Crippen LogP contribution is -2.25. The van der Waals surface area contributed by atoms with Crippen molar-refractivity contribution in [1.29, 1.82) is 5.41 Å². The number of rotatable bonds is 6. The SMILES string of the molecule is COCCCN(C)c1c(C(=N)N)c(C)nn1C. The molecule has 0 unspecified atom stereocenters. The second-order valence-corrected chi connectivity index (χ2v) is 4.09. The molecule has 96 valence electrons. The summed E-state index contributed by atoms with van der Waals surface area (Å²) in [5, 5.41) is 11.9. The molecule has 0 bridgehead atoms. The summed E-state index contributed by atoms with van der Waals surface area (Å²) in [4.78, 5) is 2.05. The zero-order chi connectivity index (χ0) is 13.0. The molecule has 1 aromatic rings. The van der Waals surface area contributed by atoms with Crippen LogP contribution in [0.3, 0.4) is 0 Å². The molecule has 0 amide bonds. The van der Waals surface area contributed by atoms with Gasteiger partial charge < -0.3 is 15.4 Å². The number of hydrogen-bond acceptors (Lipinski definition) is 4. The van der Waals surface area contributed by atoms with Crippen LogP contribution in [0.1, 0.15) is 17.7 Å². The van der Waals surface area contributed by atoms with Gasteiger partial charge in [0.15, 0.2) is 0 Å². The molecule has 1 aromatic heterocycles. The first-order valence-electron chi connectivity index (χ1n) is 5.57. The molecular weight excluding hydrogens is 218 g/mol. The number of nitrogens with one attached hydrogen (secondary N) is 1. The van der Waals surface area contributed by atoms with Crippen LogP contribution < -0.4 is 10.6 Å². The van der Waals surface area contributed by atoms with Crippen LogP contribution in [0.2, 0.25) is 0 Å². The molecule has 6 nitrogen and oxygen atoms in total. The van der Waals surface area contributed by atoms with Crippen molar-refractivity contribution in [2.45, 2.75) is 13.3 Å². The first-order valence-corrected chi connectivity index (χ1v) is 5.57. The number of aryl methyl sites for hydroxylation is 2. The first kappa shape index (κ1) is 13.5. The van der Waals surface area contributed by atoms with Gasteiger partial charge in [-0.2, -0.15) is 5.10 Å². The Bertz CT molecular complexity index is 399. The molecule has 0 aliphatic heterocycles. The van der Waals surface area contributed by atoms with Crippen LogP contribution in [0.4, 0.5) is 5.82 Å². The van der Waals surface area contributed by atoms with Gasteiger partial charge in [-0.3, -0.25) is 10.1 Å². The van der Waals surface area contributed by atoms with E-state index in [9.17, 15) is 0 Å². The molecule has 1 rings (SSSR count). The smallest absolute Gasteiger partial charge is 0.137 e. The average Bonchev–Trinajstić information content (AvgIpc) is 2.53. The Kier molecular flexibility index (Phi) is 4.51. The van der Waals surface area contributed by atoms with Crippen molar-refractivity contribution < 1.29 is 4.74 Å². The summed E-state index contributed by atoms with van der Waals surface area (Å²) in [5.41, 5.74) is 7.10. The number of nitrogens with two attached hydrogens (primary N) is 1. The third kappa shape index (κ3) is 2.97. The number of amidine groups is 1. The number of aromatic nitrogens is 2. The first-order chi connectivity index (χ1) is 7.99. The summed E-state index contributed by atoms with van der Waals surface area (Å²) >= 11 is 0. The Balaban J connectivity index is 2.92. The molecule has 0 atom stereocenters. The van der Waals surface area contributed by atoms with Gasteiger partial charge in [-0.15, -0.1) is 0 Å². The normalized spacial score (nSPS) is 10.6. The van der Waals surface area contributed by atoms with Crippen LogP contribution in [0.15, 0.2) is 0 Å². The fraction of sp³-hybridized carbons (Fsp3) is 0.636. The standard InChI is InChI=1S/C11H21N5O/c1-8-9(10(12)13)11(16(3)14-8)15(2)6-5-7-17-4/h5-7H2,1-4H3,(H3,12,13). The molecule has 0 saturated carbocycles. The number of anilines is 1. The molecule has 0 aromatic carbocycles. The number of nitrogen functional groups attached to an aromatic ring is 1. The second kappa shape index (κ2) is 5.67. The topological polar surface area (TPSA) is 80.2 Å². The Morgan fingerprint density at radius 2 is 2.24 bits per heavy atom. The highest BCUT2D eigenvalue weighted by atomic mass is 16.5. The van der Waals surface area contributed by atoms with Crippen LogP contribution in [0, 0.1) is 12.3 Å². The van der Waals surface area contributed by atoms with Crippen LogP contribution in [0.25, 0.3) is 0 Å². The number of ether oxygens (including phenoxy) is 1. The van der Waals surface area contributed by atoms with Crippen LogP contribution >= 0.6 is 0 Å². The van der Waals surface area contributed by atoms with Gasteiger partial charge in [0.1, 0.15) is 11.7 Å². The predicted molar refractivity (Wildman–Crippen MR) is 68.7 cm³/mol. The van der Waals surface area contributed by atoms with Gasteiger partial charge in [-0.25, -0.2) is 0 Å². The lowest BCUT2D eigenvalue weighted by Gasteiger charge is -2.20. The summed E-state index contributed by atoms with van der Waals surface area (Å²) in [7, 11) is 5.52. The third-order valence-corrected chi connectivity index (χ3v) is 2.66. The van der Waals surface area contributed by atoms with Gasteiger partial charge in [0.2, 0.25) is 0 Å². The van der Waals surface area contributed by atoms with E-state index in [0.717, 1.165) is 31.1 Å². The summed E-state index contributed by atoms with van der Waals surface area (Å²) in [6, 6.07) is 0. The monoisotopic (exact) mass is 239 g/mol. The molecule has 1 heterocycles. The molecule has 0 spiro atoms. The highest BCUT2D eigenvalue weighted by molar-refractivity contribution is 6.00. The minimum absolute atomic E-state index is 0.0594. The van der Waals surface area contributed by atoms with Crippen LogP contribution in [-0.2, 0) is 11.8 Å². The van der Waals surface area contributed by atoms with E-state index >= 15 is 0 Å². The Hall–Kier alpha value is -1.56. The van der Waals surface area contributed by atoms with E-state index in [1.54, 1.807) is 11.8 Å². The molecule has 0 saturated heterocycles. The number of hydrogen-bond donors (Lipinski definition) is 2. The second-order valence-electron chi connectivity index (χ2n) is 4.09. The van der Waals surface area contributed by atoms with Gasteiger partial charge in [0, 0.05) is 34.4 Å². The van der Waals surface area contributed by atoms with E-state index in [1.165, 1.54) is 0 Å². The quantitative estimate of drug-likeness (QED) is 0.430. The zero-order valence-corrected chi connectivity index (χ0v) is 10.9. The van der Waals surface area contributed by atoms with Crippen molar-refractivity contribution >= 4 is 11.7 Å². The predicted octanol–water partition coefficient (Wildman–Crippen LogP) is 0.485. The zero-order valence-electron chi connectivity index (χ0n) is 10.9. The molecular formula is C11H21N5O. The Morgan fingerprint density at radius 1 is 1.59 bits per heavy atom. The molecule has 17 heavy (non-hydrogen) atoms. The van der Waals surface area contributed by atoms with E-state index in [4.69, 9.17) is 15.9 Å². The van der Waals surface area contributed by atoms with Crippen LogP contribution in [0.5, 0.6) is 0 Å². The largest absolute Gasteiger partial charge is 0.385 e. The van der Waals surface area contributed by atoms with Gasteiger partial charge in [0.05, 0.1) is 11.3 Å². The van der Waals surface area contributed by atoms with Crippen molar-refractivity contribution in [3.05, 3.63) is 11.3 Å². The molecule has 6 heteroatoms. The summed E-state index contributed by atoms with van der Waals surface area (Å²) in [6.07, 6.45) is 0.925. The van der Waals surface area contributed by atoms with E-state index in [1.807, 2.05) is 21.0 Å². The van der Waals surface area contributed by atoms with E-state index in [2.05, 4.69) is 10.00 Å². The van der Waals surface area contributed by atoms with Gasteiger partial charge >= 0.3 is 0 Å². The average molecular weight is 239 g/mol. The lowest BCUT2D eigenvalue weighted by molar-refractivity contribution is 0.196. The van der Waals surface area contributed by atoms with Crippen LogP contribution in [-0.4, -0.2) is 42.9 Å². The molecule has 0 aliphatic rings. The van der Waals surface area contributed by atoms with Crippen molar-refractivity contribution in [2.24, 2.45) is 12.8 Å². The van der Waals surface area contributed by atoms with Gasteiger partial charge in [-0.1, -0.05) is 0 Å². The van der Waals surface area contributed by atoms with Crippen molar-refractivity contribution in [1.82, 2.24) is 9.78 Å². The maximum Gasteiger partial charge on any atom is 0.137 e. The molecule has 0 radical (unpaired) electrons. The fourth-order valence-electron chi connectivity index (χ4n) is 1.95. The summed E-state index contributed by atoms with van der Waals surface area (Å²) in [6.45, 7) is 3.42. The molecule has 0 aliphatic carbocycles. The van der Waals surface area contributed by atoms with E-state index < -0.39 is 0 Å². The Labute approximate surface area is 102 Å². The minimum Gasteiger partial charge on any atom is -0.385 e. The van der Waals surface area contributed by atoms with E-state index in [0.29, 0.717) is 5.56 Å². The minimum atomic E-state index is 0.0594. The maximum absolute atomic E-state index is 7.61.